The van der Waals surface area contributed by atoms with E-state index in [1.165, 1.54) is 4.90 Å². The van der Waals surface area contributed by atoms with Gasteiger partial charge in [-0.05, 0) is 6.07 Å². The molecule has 1 aliphatic heterocycles. The number of piperazine rings is 1. The summed E-state index contributed by atoms with van der Waals surface area (Å²) >= 11 is 0. The average molecular weight is 260 g/mol. The van der Waals surface area contributed by atoms with Gasteiger partial charge >= 0.3 is 6.18 Å². The maximum atomic E-state index is 12.2. The minimum atomic E-state index is -4.12. The number of aromatic nitrogens is 1. The van der Waals surface area contributed by atoms with Gasteiger partial charge in [-0.25, -0.2) is 4.98 Å². The molecule has 0 spiro atoms. The summed E-state index contributed by atoms with van der Waals surface area (Å²) in [6.45, 7) is 1.11. The van der Waals surface area contributed by atoms with Crippen molar-refractivity contribution in [2.45, 2.75) is 6.18 Å². The van der Waals surface area contributed by atoms with Crippen LogP contribution in [0.1, 0.15) is 0 Å². The third-order valence-corrected chi connectivity index (χ3v) is 2.90. The largest absolute Gasteiger partial charge is 0.401 e. The predicted molar refractivity (Wildman–Crippen MR) is 63.4 cm³/mol. The highest BCUT2D eigenvalue weighted by atomic mass is 19.4. The summed E-state index contributed by atoms with van der Waals surface area (Å²) in [5, 5.41) is 0. The molecule has 2 rings (SSSR count). The molecule has 7 heteroatoms. The van der Waals surface area contributed by atoms with Crippen LogP contribution in [0.4, 0.5) is 24.7 Å². The van der Waals surface area contributed by atoms with Crippen molar-refractivity contribution in [1.82, 2.24) is 9.88 Å². The molecule has 0 amide bonds. The summed E-state index contributed by atoms with van der Waals surface area (Å²) in [4.78, 5) is 7.33. The number of alkyl halides is 3. The molecular formula is C11H15F3N4. The van der Waals surface area contributed by atoms with Crippen LogP contribution in [0.5, 0.6) is 0 Å². The van der Waals surface area contributed by atoms with Crippen molar-refractivity contribution in [1.29, 1.82) is 0 Å². The van der Waals surface area contributed by atoms with E-state index in [1.54, 1.807) is 12.3 Å². The fraction of sp³-hybridized carbons (Fsp3) is 0.545. The second kappa shape index (κ2) is 5.01. The van der Waals surface area contributed by atoms with E-state index < -0.39 is 12.7 Å². The fourth-order valence-corrected chi connectivity index (χ4v) is 2.05. The standard InChI is InChI=1S/C11H15F3N4/c12-11(13,14)8-17-3-5-18(6-4-17)9-1-2-16-10(15)7-9/h1-2,7H,3-6,8H2,(H2,15,16). The molecule has 1 aromatic rings. The quantitative estimate of drug-likeness (QED) is 0.871. The predicted octanol–water partition coefficient (Wildman–Crippen LogP) is 1.35. The molecule has 2 heterocycles. The molecule has 1 fully saturated rings. The van der Waals surface area contributed by atoms with Gasteiger partial charge in [-0.1, -0.05) is 0 Å². The molecule has 0 aliphatic carbocycles. The Bertz CT molecular complexity index is 400. The van der Waals surface area contributed by atoms with Crippen LogP contribution < -0.4 is 10.6 Å². The summed E-state index contributed by atoms with van der Waals surface area (Å²) in [7, 11) is 0. The minimum Gasteiger partial charge on any atom is -0.384 e. The average Bonchev–Trinajstić information content (AvgIpc) is 2.28. The van der Waals surface area contributed by atoms with Crippen LogP contribution in [-0.4, -0.2) is 48.8 Å². The maximum Gasteiger partial charge on any atom is 0.401 e. The topological polar surface area (TPSA) is 45.4 Å². The molecule has 18 heavy (non-hydrogen) atoms. The smallest absolute Gasteiger partial charge is 0.384 e. The second-order valence-electron chi connectivity index (χ2n) is 4.32. The lowest BCUT2D eigenvalue weighted by molar-refractivity contribution is -0.146. The Hall–Kier alpha value is -1.50. The summed E-state index contributed by atoms with van der Waals surface area (Å²) in [6.07, 6.45) is -2.52. The van der Waals surface area contributed by atoms with Gasteiger partial charge in [-0.15, -0.1) is 0 Å². The van der Waals surface area contributed by atoms with Crippen LogP contribution in [0.3, 0.4) is 0 Å². The maximum absolute atomic E-state index is 12.2. The van der Waals surface area contributed by atoms with Gasteiger partial charge in [-0.2, -0.15) is 13.2 Å². The van der Waals surface area contributed by atoms with Gasteiger partial charge in [0.25, 0.3) is 0 Å². The number of halogens is 3. The molecule has 0 atom stereocenters. The third-order valence-electron chi connectivity index (χ3n) is 2.90. The third kappa shape index (κ3) is 3.49. The Labute approximate surface area is 103 Å². The van der Waals surface area contributed by atoms with E-state index >= 15 is 0 Å². The van der Waals surface area contributed by atoms with Crippen molar-refractivity contribution in [3.63, 3.8) is 0 Å². The van der Waals surface area contributed by atoms with Crippen molar-refractivity contribution >= 4 is 11.5 Å². The monoisotopic (exact) mass is 260 g/mol. The molecule has 2 N–H and O–H groups in total. The van der Waals surface area contributed by atoms with E-state index in [0.717, 1.165) is 5.69 Å². The highest BCUT2D eigenvalue weighted by molar-refractivity contribution is 5.52. The molecule has 0 bridgehead atoms. The first-order valence-corrected chi connectivity index (χ1v) is 5.70. The van der Waals surface area contributed by atoms with Gasteiger partial charge in [0.2, 0.25) is 0 Å². The molecule has 0 radical (unpaired) electrons. The SMILES string of the molecule is Nc1cc(N2CCN(CC(F)(F)F)CC2)ccn1. The van der Waals surface area contributed by atoms with E-state index in [1.807, 2.05) is 11.0 Å². The van der Waals surface area contributed by atoms with Gasteiger partial charge in [0, 0.05) is 44.1 Å². The molecule has 1 aliphatic rings. The van der Waals surface area contributed by atoms with E-state index in [-0.39, 0.29) is 0 Å². The molecule has 1 aromatic heterocycles. The Morgan fingerprint density at radius 3 is 2.44 bits per heavy atom. The first kappa shape index (κ1) is 12.9. The first-order valence-electron chi connectivity index (χ1n) is 5.70. The van der Waals surface area contributed by atoms with E-state index in [0.29, 0.717) is 32.0 Å². The highest BCUT2D eigenvalue weighted by Gasteiger charge is 2.32. The molecule has 4 nitrogen and oxygen atoms in total. The summed E-state index contributed by atoms with van der Waals surface area (Å²) in [5.41, 5.74) is 6.49. The van der Waals surface area contributed by atoms with Crippen LogP contribution in [0.25, 0.3) is 0 Å². The number of hydrogen-bond acceptors (Lipinski definition) is 4. The van der Waals surface area contributed by atoms with Crippen LogP contribution in [0.2, 0.25) is 0 Å². The van der Waals surface area contributed by atoms with Crippen molar-refractivity contribution in [2.75, 3.05) is 43.4 Å². The Balaban J connectivity index is 1.91. The van der Waals surface area contributed by atoms with Crippen LogP contribution >= 0.6 is 0 Å². The molecular weight excluding hydrogens is 245 g/mol. The van der Waals surface area contributed by atoms with Gasteiger partial charge in [0.15, 0.2) is 0 Å². The summed E-state index contributed by atoms with van der Waals surface area (Å²) in [5.74, 6) is 0.422. The number of pyridine rings is 1. The Kier molecular flexibility index (Phi) is 3.60. The zero-order valence-electron chi connectivity index (χ0n) is 9.82. The normalized spacial score (nSPS) is 18.1. The molecule has 1 saturated heterocycles. The lowest BCUT2D eigenvalue weighted by atomic mass is 10.2. The van der Waals surface area contributed by atoms with Crippen molar-refractivity contribution < 1.29 is 13.2 Å². The summed E-state index contributed by atoms with van der Waals surface area (Å²) in [6, 6.07) is 3.55. The fourth-order valence-electron chi connectivity index (χ4n) is 2.05. The number of anilines is 2. The van der Waals surface area contributed by atoms with E-state index in [2.05, 4.69) is 4.98 Å². The number of hydrogen-bond donors (Lipinski definition) is 1. The van der Waals surface area contributed by atoms with Crippen LogP contribution in [0.15, 0.2) is 18.3 Å². The number of nitrogen functional groups attached to an aromatic ring is 1. The minimum absolute atomic E-state index is 0.405. The molecule has 0 aromatic carbocycles. The van der Waals surface area contributed by atoms with Crippen molar-refractivity contribution in [3.8, 4) is 0 Å². The second-order valence-corrected chi connectivity index (χ2v) is 4.32. The number of nitrogens with two attached hydrogens (primary N) is 1. The summed E-state index contributed by atoms with van der Waals surface area (Å²) < 4.78 is 36.7. The molecule has 100 valence electrons. The van der Waals surface area contributed by atoms with Gasteiger partial charge < -0.3 is 10.6 Å². The van der Waals surface area contributed by atoms with E-state index in [4.69, 9.17) is 5.73 Å². The number of nitrogens with zero attached hydrogens (tertiary/aromatic N) is 3. The van der Waals surface area contributed by atoms with Gasteiger partial charge in [-0.3, -0.25) is 4.90 Å². The van der Waals surface area contributed by atoms with Crippen molar-refractivity contribution in [2.24, 2.45) is 0 Å². The zero-order valence-corrected chi connectivity index (χ0v) is 9.82. The van der Waals surface area contributed by atoms with E-state index in [9.17, 15) is 13.2 Å². The highest BCUT2D eigenvalue weighted by Crippen LogP contribution is 2.20. The Morgan fingerprint density at radius 1 is 1.22 bits per heavy atom. The molecule has 0 unspecified atom stereocenters. The Morgan fingerprint density at radius 2 is 1.89 bits per heavy atom. The lowest BCUT2D eigenvalue weighted by Crippen LogP contribution is -2.49. The van der Waals surface area contributed by atoms with Crippen molar-refractivity contribution in [3.05, 3.63) is 18.3 Å². The van der Waals surface area contributed by atoms with Gasteiger partial charge in [0.1, 0.15) is 5.82 Å². The first-order chi connectivity index (χ1) is 8.44. The zero-order chi connectivity index (χ0) is 13.2. The van der Waals surface area contributed by atoms with Crippen LogP contribution in [0, 0.1) is 0 Å². The lowest BCUT2D eigenvalue weighted by Gasteiger charge is -2.36. The molecule has 0 saturated carbocycles. The van der Waals surface area contributed by atoms with Crippen LogP contribution in [-0.2, 0) is 0 Å². The van der Waals surface area contributed by atoms with Gasteiger partial charge in [0.05, 0.1) is 6.54 Å². The number of rotatable bonds is 2.